The first kappa shape index (κ1) is 15.3. The summed E-state index contributed by atoms with van der Waals surface area (Å²) in [5.74, 6) is 1.36. The molecule has 3 nitrogen and oxygen atoms in total. The molecule has 20 heavy (non-hydrogen) atoms. The maximum Gasteiger partial charge on any atom is 0.214 e. The SMILES string of the molecule is CCc1cc(CO)cc(OC2CC(C)CC(C)(C)C2)n1. The molecular formula is C17H27NO2. The van der Waals surface area contributed by atoms with Crippen molar-refractivity contribution in [1.29, 1.82) is 0 Å². The van der Waals surface area contributed by atoms with Crippen LogP contribution < -0.4 is 4.74 Å². The minimum absolute atomic E-state index is 0.0401. The van der Waals surface area contributed by atoms with E-state index in [1.165, 1.54) is 6.42 Å². The summed E-state index contributed by atoms with van der Waals surface area (Å²) in [6.07, 6.45) is 4.52. The zero-order valence-electron chi connectivity index (χ0n) is 13.1. The van der Waals surface area contributed by atoms with Crippen molar-refractivity contribution in [2.75, 3.05) is 0 Å². The van der Waals surface area contributed by atoms with Crippen LogP contribution in [0, 0.1) is 11.3 Å². The molecule has 0 aromatic carbocycles. The topological polar surface area (TPSA) is 42.4 Å². The summed E-state index contributed by atoms with van der Waals surface area (Å²) in [5, 5.41) is 9.33. The molecule has 0 amide bonds. The molecule has 1 N–H and O–H groups in total. The van der Waals surface area contributed by atoms with Gasteiger partial charge in [0.2, 0.25) is 5.88 Å². The van der Waals surface area contributed by atoms with Gasteiger partial charge < -0.3 is 9.84 Å². The van der Waals surface area contributed by atoms with Gasteiger partial charge in [0.25, 0.3) is 0 Å². The lowest BCUT2D eigenvalue weighted by Crippen LogP contribution is -2.34. The Kier molecular flexibility index (Phi) is 4.69. The number of aryl methyl sites for hydroxylation is 1. The van der Waals surface area contributed by atoms with Crippen molar-refractivity contribution in [3.05, 3.63) is 23.4 Å². The molecule has 0 spiro atoms. The van der Waals surface area contributed by atoms with Crippen LogP contribution in [0.25, 0.3) is 0 Å². The van der Waals surface area contributed by atoms with Gasteiger partial charge in [-0.2, -0.15) is 0 Å². The minimum atomic E-state index is 0.0401. The van der Waals surface area contributed by atoms with E-state index in [1.54, 1.807) is 0 Å². The third-order valence-corrected chi connectivity index (χ3v) is 4.09. The number of hydrogen-bond donors (Lipinski definition) is 1. The Morgan fingerprint density at radius 1 is 1.35 bits per heavy atom. The Morgan fingerprint density at radius 2 is 2.10 bits per heavy atom. The second-order valence-electron chi connectivity index (χ2n) is 6.97. The number of aliphatic hydroxyl groups is 1. The Labute approximate surface area is 122 Å². The fraction of sp³-hybridized carbons (Fsp3) is 0.706. The van der Waals surface area contributed by atoms with Gasteiger partial charge in [-0.25, -0.2) is 4.98 Å². The number of hydrogen-bond acceptors (Lipinski definition) is 3. The van der Waals surface area contributed by atoms with Crippen LogP contribution in [0.15, 0.2) is 12.1 Å². The lowest BCUT2D eigenvalue weighted by atomic mass is 9.71. The van der Waals surface area contributed by atoms with Crippen molar-refractivity contribution in [3.8, 4) is 5.88 Å². The van der Waals surface area contributed by atoms with Gasteiger partial charge in [-0.15, -0.1) is 0 Å². The molecule has 0 bridgehead atoms. The summed E-state index contributed by atoms with van der Waals surface area (Å²) < 4.78 is 6.12. The molecule has 1 aromatic heterocycles. The summed E-state index contributed by atoms with van der Waals surface area (Å²) in [5.41, 5.74) is 2.20. The normalized spacial score (nSPS) is 25.4. The van der Waals surface area contributed by atoms with E-state index in [0.717, 1.165) is 30.5 Å². The molecule has 0 radical (unpaired) electrons. The Morgan fingerprint density at radius 3 is 2.70 bits per heavy atom. The molecule has 2 rings (SSSR count). The fourth-order valence-corrected chi connectivity index (χ4v) is 3.47. The summed E-state index contributed by atoms with van der Waals surface area (Å²) >= 11 is 0. The molecular weight excluding hydrogens is 250 g/mol. The molecule has 0 saturated heterocycles. The number of nitrogens with zero attached hydrogens (tertiary/aromatic N) is 1. The molecule has 1 aromatic rings. The summed E-state index contributed by atoms with van der Waals surface area (Å²) in [4.78, 5) is 4.53. The van der Waals surface area contributed by atoms with Crippen LogP contribution >= 0.6 is 0 Å². The number of pyridine rings is 1. The van der Waals surface area contributed by atoms with Gasteiger partial charge in [-0.05, 0) is 48.6 Å². The van der Waals surface area contributed by atoms with E-state index in [1.807, 2.05) is 12.1 Å². The number of aromatic nitrogens is 1. The van der Waals surface area contributed by atoms with Gasteiger partial charge in [-0.1, -0.05) is 27.7 Å². The second-order valence-corrected chi connectivity index (χ2v) is 6.97. The fourth-order valence-electron chi connectivity index (χ4n) is 3.47. The van der Waals surface area contributed by atoms with Gasteiger partial charge >= 0.3 is 0 Å². The van der Waals surface area contributed by atoms with Crippen molar-refractivity contribution in [2.24, 2.45) is 11.3 Å². The molecule has 1 heterocycles. The summed E-state index contributed by atoms with van der Waals surface area (Å²) in [6.45, 7) is 9.03. The van der Waals surface area contributed by atoms with Crippen LogP contribution in [-0.4, -0.2) is 16.2 Å². The lowest BCUT2D eigenvalue weighted by Gasteiger charge is -2.38. The zero-order valence-corrected chi connectivity index (χ0v) is 13.1. The smallest absolute Gasteiger partial charge is 0.214 e. The standard InChI is InChI=1S/C17H27NO2/c1-5-14-7-13(11-19)8-16(18-14)20-15-6-12(2)9-17(3,4)10-15/h7-8,12,15,19H,5-6,9-11H2,1-4H3. The Balaban J connectivity index is 2.12. The van der Waals surface area contributed by atoms with Crippen LogP contribution in [0.3, 0.4) is 0 Å². The van der Waals surface area contributed by atoms with Crippen molar-refractivity contribution in [2.45, 2.75) is 66.1 Å². The van der Waals surface area contributed by atoms with E-state index in [2.05, 4.69) is 32.7 Å². The van der Waals surface area contributed by atoms with E-state index in [-0.39, 0.29) is 12.7 Å². The van der Waals surface area contributed by atoms with Crippen molar-refractivity contribution in [1.82, 2.24) is 4.98 Å². The molecule has 1 saturated carbocycles. The number of aliphatic hydroxyl groups excluding tert-OH is 1. The predicted octanol–water partition coefficient (Wildman–Crippen LogP) is 3.73. The van der Waals surface area contributed by atoms with E-state index in [9.17, 15) is 5.11 Å². The van der Waals surface area contributed by atoms with E-state index >= 15 is 0 Å². The molecule has 0 aliphatic heterocycles. The molecule has 1 aliphatic rings. The predicted molar refractivity (Wildman–Crippen MR) is 80.7 cm³/mol. The maximum atomic E-state index is 9.33. The van der Waals surface area contributed by atoms with Gasteiger partial charge in [0, 0.05) is 11.8 Å². The number of rotatable bonds is 4. The lowest BCUT2D eigenvalue weighted by molar-refractivity contribution is 0.0530. The average Bonchev–Trinajstić information content (AvgIpc) is 2.35. The van der Waals surface area contributed by atoms with Crippen molar-refractivity contribution >= 4 is 0 Å². The quantitative estimate of drug-likeness (QED) is 0.912. The highest BCUT2D eigenvalue weighted by Crippen LogP contribution is 2.39. The molecule has 1 aliphatic carbocycles. The molecule has 1 fully saturated rings. The van der Waals surface area contributed by atoms with Crippen molar-refractivity contribution in [3.63, 3.8) is 0 Å². The summed E-state index contributed by atoms with van der Waals surface area (Å²) in [7, 11) is 0. The molecule has 2 unspecified atom stereocenters. The second kappa shape index (κ2) is 6.13. The monoisotopic (exact) mass is 277 g/mol. The largest absolute Gasteiger partial charge is 0.474 e. The first-order valence-electron chi connectivity index (χ1n) is 7.69. The molecule has 3 heteroatoms. The van der Waals surface area contributed by atoms with Gasteiger partial charge in [0.1, 0.15) is 6.10 Å². The van der Waals surface area contributed by atoms with Crippen LogP contribution in [-0.2, 0) is 13.0 Å². The van der Waals surface area contributed by atoms with Crippen LogP contribution in [0.2, 0.25) is 0 Å². The van der Waals surface area contributed by atoms with Gasteiger partial charge in [0.15, 0.2) is 0 Å². The first-order chi connectivity index (χ1) is 9.41. The third-order valence-electron chi connectivity index (χ3n) is 4.09. The van der Waals surface area contributed by atoms with Gasteiger partial charge in [-0.3, -0.25) is 0 Å². The Hall–Kier alpha value is -1.09. The molecule has 112 valence electrons. The highest BCUT2D eigenvalue weighted by Gasteiger charge is 2.33. The summed E-state index contributed by atoms with van der Waals surface area (Å²) in [6, 6.07) is 3.81. The molecule has 2 atom stereocenters. The van der Waals surface area contributed by atoms with Crippen LogP contribution in [0.1, 0.15) is 58.2 Å². The Bertz CT molecular complexity index is 434. The van der Waals surface area contributed by atoms with Gasteiger partial charge in [0.05, 0.1) is 6.61 Å². The highest BCUT2D eigenvalue weighted by atomic mass is 16.5. The third kappa shape index (κ3) is 3.95. The average molecular weight is 277 g/mol. The van der Waals surface area contributed by atoms with Crippen LogP contribution in [0.5, 0.6) is 5.88 Å². The highest BCUT2D eigenvalue weighted by molar-refractivity contribution is 5.25. The van der Waals surface area contributed by atoms with Crippen molar-refractivity contribution < 1.29 is 9.84 Å². The van der Waals surface area contributed by atoms with Crippen LogP contribution in [0.4, 0.5) is 0 Å². The van der Waals surface area contributed by atoms with E-state index in [0.29, 0.717) is 17.2 Å². The van der Waals surface area contributed by atoms with E-state index in [4.69, 9.17) is 4.74 Å². The first-order valence-corrected chi connectivity index (χ1v) is 7.69. The van der Waals surface area contributed by atoms with E-state index < -0.39 is 0 Å². The number of ether oxygens (including phenoxy) is 1. The minimum Gasteiger partial charge on any atom is -0.474 e. The zero-order chi connectivity index (χ0) is 14.8. The maximum absolute atomic E-state index is 9.33.